The topological polar surface area (TPSA) is 174 Å². The third-order valence-corrected chi connectivity index (χ3v) is 13.1. The van der Waals surface area contributed by atoms with Crippen molar-refractivity contribution < 1.29 is 51.4 Å². The lowest BCUT2D eigenvalue weighted by atomic mass is 9.84. The molecule has 3 aliphatic heterocycles. The van der Waals surface area contributed by atoms with Crippen LogP contribution in [0.3, 0.4) is 0 Å². The Bertz CT molecular complexity index is 3440. The number of carbonyl (C=O) groups excluding carboxylic acids is 6. The van der Waals surface area contributed by atoms with Crippen molar-refractivity contribution in [3.05, 3.63) is 142 Å². The van der Waals surface area contributed by atoms with Crippen LogP contribution in [0.25, 0.3) is 0 Å². The second kappa shape index (κ2) is 24.7. The fourth-order valence-electron chi connectivity index (χ4n) is 8.44. The monoisotopic (exact) mass is 1070 g/mol. The van der Waals surface area contributed by atoms with Crippen molar-refractivity contribution in [2.75, 3.05) is 42.3 Å². The lowest BCUT2D eigenvalue weighted by molar-refractivity contribution is -0.126. The number of carbonyl (C=O) groups is 6. The Kier molecular flexibility index (Phi) is 19.1. The van der Waals surface area contributed by atoms with E-state index in [9.17, 15) is 37.2 Å². The maximum atomic E-state index is 12.5. The second-order valence-electron chi connectivity index (χ2n) is 21.7. The summed E-state index contributed by atoms with van der Waals surface area (Å²) in [7, 11) is 1.68. The molecule has 0 saturated heterocycles. The van der Waals surface area contributed by atoms with Crippen molar-refractivity contribution in [1.82, 2.24) is 0 Å². The normalized spacial score (nSPS) is 14.5. The number of benzene rings is 4. The Hall–Kier alpha value is -8.45. The third kappa shape index (κ3) is 15.4. The predicted molar refractivity (Wildman–Crippen MR) is 305 cm³/mol. The third-order valence-electron chi connectivity index (χ3n) is 12.2. The van der Waals surface area contributed by atoms with Gasteiger partial charge in [-0.25, -0.2) is 8.42 Å². The van der Waals surface area contributed by atoms with E-state index in [1.165, 1.54) is 57.8 Å². The summed E-state index contributed by atoms with van der Waals surface area (Å²) in [6.07, 6.45) is 15.1. The lowest BCUT2D eigenvalue weighted by Gasteiger charge is -2.27. The summed E-state index contributed by atoms with van der Waals surface area (Å²) < 4.78 is 39.7. The summed E-state index contributed by atoms with van der Waals surface area (Å²) >= 11 is 0. The van der Waals surface area contributed by atoms with Crippen molar-refractivity contribution in [2.45, 2.75) is 110 Å². The smallest absolute Gasteiger partial charge is 0.238 e. The number of anilines is 3. The highest BCUT2D eigenvalue weighted by Crippen LogP contribution is 2.41. The van der Waals surface area contributed by atoms with Crippen LogP contribution in [0, 0.1) is 36.0 Å². The zero-order valence-electron chi connectivity index (χ0n) is 46.9. The minimum atomic E-state index is -3.11. The molecule has 0 saturated carbocycles. The van der Waals surface area contributed by atoms with E-state index in [0.29, 0.717) is 45.3 Å². The van der Waals surface area contributed by atoms with Gasteiger partial charge >= 0.3 is 0 Å². The van der Waals surface area contributed by atoms with Gasteiger partial charge in [-0.3, -0.25) is 43.5 Å². The number of nitrogens with zero attached hydrogens (tertiary/aromatic N) is 3. The first-order valence-electron chi connectivity index (χ1n) is 24.9. The fourth-order valence-corrected chi connectivity index (χ4v) is 9.23. The molecule has 15 heteroatoms. The van der Waals surface area contributed by atoms with Crippen LogP contribution >= 0.6 is 0 Å². The van der Waals surface area contributed by atoms with Crippen LogP contribution in [-0.2, 0) is 60.6 Å². The maximum absolute atomic E-state index is 12.5. The Morgan fingerprint density at radius 1 is 0.513 bits per heavy atom. The van der Waals surface area contributed by atoms with Crippen LogP contribution in [0.15, 0.2) is 97.5 Å². The predicted octanol–water partition coefficient (Wildman–Crippen LogP) is 9.73. The number of rotatable bonds is 8. The largest absolute Gasteiger partial charge is 0.495 e. The average Bonchev–Trinajstić information content (AvgIpc) is 3.39. The van der Waals surface area contributed by atoms with E-state index in [-0.39, 0.29) is 76.3 Å². The van der Waals surface area contributed by atoms with E-state index < -0.39 is 9.84 Å². The van der Waals surface area contributed by atoms with Crippen molar-refractivity contribution in [3.8, 4) is 53.3 Å². The van der Waals surface area contributed by atoms with E-state index in [0.717, 1.165) is 33.6 Å². The van der Waals surface area contributed by atoms with E-state index in [4.69, 9.17) is 20.6 Å². The second-order valence-corrected chi connectivity index (χ2v) is 23.8. The van der Waals surface area contributed by atoms with E-state index in [2.05, 4.69) is 50.4 Å². The summed E-state index contributed by atoms with van der Waals surface area (Å²) in [5, 5.41) is 0. The quantitative estimate of drug-likeness (QED) is 0.121. The molecule has 0 radical (unpaired) electrons. The van der Waals surface area contributed by atoms with Gasteiger partial charge in [0, 0.05) is 47.1 Å². The molecule has 0 aromatic heterocycles. The van der Waals surface area contributed by atoms with Crippen LogP contribution in [0.5, 0.6) is 17.2 Å². The molecule has 0 spiro atoms. The van der Waals surface area contributed by atoms with Crippen LogP contribution in [0.4, 0.5) is 17.1 Å². The molecule has 3 amide bonds. The van der Waals surface area contributed by atoms with Crippen molar-refractivity contribution in [2.24, 2.45) is 0 Å². The SMILES string of the molecule is C#Cc1cc(N2C=CC(=O)CC2=O)cc(C(C)(C)C)c1OC.CC#Cc1cc(N2C=CC(=O)CC2=O)cc(C(C)(C)C)c1OC.COc1c(C#Cc2ccc(CS(C)(=O)=O)cc2)cc(N2C=CC(=O)CC2=O)cc1C(C)(C)C. The molecule has 78 heavy (non-hydrogen) atoms. The molecule has 0 fully saturated rings. The van der Waals surface area contributed by atoms with Gasteiger partial charge in [0.05, 0.1) is 80.1 Å². The Balaban J connectivity index is 0.000000222. The number of sulfone groups is 1. The molecule has 4 aromatic rings. The maximum Gasteiger partial charge on any atom is 0.238 e. The standard InChI is InChI=1S/C26H27NO5S.C19H21NO3.C18H19NO3/c1-26(2,3)23-15-21(27-13-12-22(28)16-24(27)29)14-20(25(23)32-4)11-10-18-6-8-19(9-7-18)17-33(5,30)31;1-6-7-13-10-14(20-9-8-15(21)12-17(20)22)11-16(18(13)23-5)19(2,3)4;1-6-12-9-13(19-8-7-14(20)11-16(19)21)10-15(17(12)22-5)18(2,3)4/h6-9,12-15H,16-17H2,1-5H3;8-11H,12H2,1-5H3;1,7-10H,11H2,2-5H3. The number of hydrogen-bond donors (Lipinski definition) is 0. The highest BCUT2D eigenvalue weighted by atomic mass is 32.2. The molecule has 7 rings (SSSR count). The van der Waals surface area contributed by atoms with Gasteiger partial charge in [0.1, 0.15) is 17.2 Å². The Morgan fingerprint density at radius 2 is 0.846 bits per heavy atom. The van der Waals surface area contributed by atoms with Crippen LogP contribution < -0.4 is 28.9 Å². The first kappa shape index (κ1) is 60.4. The van der Waals surface area contributed by atoms with Gasteiger partial charge in [0.2, 0.25) is 17.7 Å². The molecule has 4 aromatic carbocycles. The van der Waals surface area contributed by atoms with Gasteiger partial charge in [0.25, 0.3) is 0 Å². The molecule has 406 valence electrons. The average molecular weight is 1070 g/mol. The van der Waals surface area contributed by atoms with Crippen molar-refractivity contribution in [3.63, 3.8) is 0 Å². The highest BCUT2D eigenvalue weighted by molar-refractivity contribution is 7.89. The number of methoxy groups -OCH3 is 3. The van der Waals surface area contributed by atoms with Crippen LogP contribution in [0.1, 0.15) is 133 Å². The first-order chi connectivity index (χ1) is 36.4. The van der Waals surface area contributed by atoms with E-state index in [1.807, 2.05) is 65.8 Å². The molecule has 0 atom stereocenters. The molecular weight excluding hydrogens is 1010 g/mol. The number of amides is 3. The minimum absolute atomic E-state index is 0.0224. The van der Waals surface area contributed by atoms with E-state index in [1.54, 1.807) is 64.7 Å². The summed E-state index contributed by atoms with van der Waals surface area (Å²) in [5.74, 6) is 15.3. The Labute approximate surface area is 459 Å². The first-order valence-corrected chi connectivity index (χ1v) is 26.9. The van der Waals surface area contributed by atoms with Gasteiger partial charge in [-0.1, -0.05) is 98.1 Å². The molecule has 3 heterocycles. The summed E-state index contributed by atoms with van der Waals surface area (Å²) in [6, 6.07) is 18.1. The molecule has 0 bridgehead atoms. The molecule has 3 aliphatic rings. The van der Waals surface area contributed by atoms with Gasteiger partial charge in [0.15, 0.2) is 27.2 Å². The molecule has 14 nitrogen and oxygen atoms in total. The van der Waals surface area contributed by atoms with Crippen molar-refractivity contribution in [1.29, 1.82) is 0 Å². The number of hydrogen-bond acceptors (Lipinski definition) is 11. The number of terminal acetylenes is 1. The lowest BCUT2D eigenvalue weighted by Crippen LogP contribution is -2.31. The van der Waals surface area contributed by atoms with Gasteiger partial charge < -0.3 is 14.2 Å². The van der Waals surface area contributed by atoms with Crippen LogP contribution in [0.2, 0.25) is 0 Å². The van der Waals surface area contributed by atoms with Gasteiger partial charge in [-0.05, 0) is 95.5 Å². The summed E-state index contributed by atoms with van der Waals surface area (Å²) in [5.41, 5.74) is 7.40. The van der Waals surface area contributed by atoms with Crippen LogP contribution in [-0.4, -0.2) is 71.1 Å². The van der Waals surface area contributed by atoms with Gasteiger partial charge in [-0.2, -0.15) is 0 Å². The van der Waals surface area contributed by atoms with Crippen molar-refractivity contribution >= 4 is 62.0 Å². The minimum Gasteiger partial charge on any atom is -0.495 e. The summed E-state index contributed by atoms with van der Waals surface area (Å²) in [6.45, 7) is 20.3. The number of ether oxygens (including phenoxy) is 3. The summed E-state index contributed by atoms with van der Waals surface area (Å²) in [4.78, 5) is 75.4. The highest BCUT2D eigenvalue weighted by Gasteiger charge is 2.30. The molecule has 0 unspecified atom stereocenters. The number of ketones is 3. The fraction of sp³-hybridized carbons (Fsp3) is 0.333. The van der Waals surface area contributed by atoms with E-state index >= 15 is 0 Å². The zero-order chi connectivity index (χ0) is 58.1. The zero-order valence-corrected chi connectivity index (χ0v) is 47.7. The molecule has 0 N–H and O–H groups in total. The Morgan fingerprint density at radius 3 is 1.14 bits per heavy atom. The number of allylic oxidation sites excluding steroid dienone is 3. The molecular formula is C63H67N3O11S. The molecule has 0 aliphatic carbocycles. The van der Waals surface area contributed by atoms with Gasteiger partial charge in [-0.15, -0.1) is 12.3 Å².